The molecule has 0 saturated carbocycles. The maximum atomic E-state index is 12.2. The van der Waals surface area contributed by atoms with E-state index in [9.17, 15) is 9.59 Å². The predicted molar refractivity (Wildman–Crippen MR) is 94.9 cm³/mol. The van der Waals surface area contributed by atoms with Crippen molar-refractivity contribution in [3.8, 4) is 0 Å². The number of hydrogen-bond acceptors (Lipinski definition) is 5. The molecule has 0 bridgehead atoms. The van der Waals surface area contributed by atoms with E-state index in [4.69, 9.17) is 4.74 Å². The van der Waals surface area contributed by atoms with Gasteiger partial charge >= 0.3 is 4.87 Å². The first-order chi connectivity index (χ1) is 11.1. The second kappa shape index (κ2) is 8.33. The van der Waals surface area contributed by atoms with Crippen LogP contribution in [0.5, 0.6) is 0 Å². The number of thioether (sulfide) groups is 1. The number of aromatic nitrogens is 1. The molecule has 0 radical (unpaired) electrons. The molecule has 124 valence electrons. The van der Waals surface area contributed by atoms with Crippen LogP contribution >= 0.6 is 23.1 Å². The molecule has 1 aromatic carbocycles. The number of benzene rings is 1. The van der Waals surface area contributed by atoms with Crippen molar-refractivity contribution in [3.63, 3.8) is 0 Å². The number of methoxy groups -OCH3 is 1. The Balaban J connectivity index is 2.16. The predicted octanol–water partition coefficient (Wildman–Crippen LogP) is 2.36. The Hall–Kier alpha value is -1.57. The fourth-order valence-corrected chi connectivity index (χ4v) is 3.45. The first kappa shape index (κ1) is 17.8. The standard InChI is InChI=1S/C16H20N2O3S2/c1-11-14(15(19)17-8-9-21-2)23-16(20)18(11)10-12-4-6-13(22-3)7-5-12/h4-7H,8-10H2,1-3H3,(H,17,19). The average molecular weight is 352 g/mol. The van der Waals surface area contributed by atoms with Crippen LogP contribution in [0.3, 0.4) is 0 Å². The van der Waals surface area contributed by atoms with Crippen LogP contribution < -0.4 is 10.2 Å². The zero-order valence-corrected chi connectivity index (χ0v) is 15.1. The Morgan fingerprint density at radius 1 is 1.35 bits per heavy atom. The summed E-state index contributed by atoms with van der Waals surface area (Å²) in [6.45, 7) is 3.15. The lowest BCUT2D eigenvalue weighted by atomic mass is 10.2. The highest BCUT2D eigenvalue weighted by atomic mass is 32.2. The lowest BCUT2D eigenvalue weighted by molar-refractivity contribution is 0.0940. The minimum Gasteiger partial charge on any atom is -0.383 e. The van der Waals surface area contributed by atoms with Gasteiger partial charge in [0.2, 0.25) is 0 Å². The van der Waals surface area contributed by atoms with E-state index in [-0.39, 0.29) is 10.8 Å². The van der Waals surface area contributed by atoms with Crippen molar-refractivity contribution in [2.24, 2.45) is 0 Å². The molecule has 0 spiro atoms. The monoisotopic (exact) mass is 352 g/mol. The van der Waals surface area contributed by atoms with Gasteiger partial charge in [0.15, 0.2) is 0 Å². The van der Waals surface area contributed by atoms with E-state index in [0.717, 1.165) is 16.9 Å². The number of thiazole rings is 1. The van der Waals surface area contributed by atoms with Crippen LogP contribution in [0.1, 0.15) is 20.9 Å². The highest BCUT2D eigenvalue weighted by Crippen LogP contribution is 2.17. The van der Waals surface area contributed by atoms with Crippen molar-refractivity contribution < 1.29 is 9.53 Å². The molecule has 2 aromatic rings. The number of nitrogens with zero attached hydrogens (tertiary/aromatic N) is 1. The number of nitrogens with one attached hydrogen (secondary N) is 1. The molecule has 0 aliphatic carbocycles. The smallest absolute Gasteiger partial charge is 0.308 e. The summed E-state index contributed by atoms with van der Waals surface area (Å²) >= 11 is 2.66. The van der Waals surface area contributed by atoms with E-state index in [1.807, 2.05) is 30.5 Å². The van der Waals surface area contributed by atoms with E-state index >= 15 is 0 Å². The fraction of sp³-hybridized carbons (Fsp3) is 0.375. The van der Waals surface area contributed by atoms with Gasteiger partial charge in [-0.15, -0.1) is 11.8 Å². The molecule has 1 aromatic heterocycles. The zero-order valence-electron chi connectivity index (χ0n) is 13.4. The van der Waals surface area contributed by atoms with Gasteiger partial charge in [-0.05, 0) is 30.9 Å². The quantitative estimate of drug-likeness (QED) is 0.614. The summed E-state index contributed by atoms with van der Waals surface area (Å²) in [5.41, 5.74) is 1.74. The molecule has 0 aliphatic heterocycles. The molecular formula is C16H20N2O3S2. The van der Waals surface area contributed by atoms with Gasteiger partial charge in [0.1, 0.15) is 4.88 Å². The van der Waals surface area contributed by atoms with Crippen molar-refractivity contribution in [1.29, 1.82) is 0 Å². The molecule has 1 heterocycles. The minimum absolute atomic E-state index is 0.117. The van der Waals surface area contributed by atoms with Gasteiger partial charge in [-0.2, -0.15) is 0 Å². The molecule has 0 saturated heterocycles. The maximum Gasteiger partial charge on any atom is 0.308 e. The molecule has 1 amide bonds. The molecule has 7 heteroatoms. The molecule has 0 unspecified atom stereocenters. The normalized spacial score (nSPS) is 10.7. The van der Waals surface area contributed by atoms with Gasteiger partial charge in [-0.3, -0.25) is 14.2 Å². The van der Waals surface area contributed by atoms with Crippen LogP contribution in [0.4, 0.5) is 0 Å². The summed E-state index contributed by atoms with van der Waals surface area (Å²) in [7, 11) is 1.58. The highest BCUT2D eigenvalue weighted by molar-refractivity contribution is 7.98. The third-order valence-corrected chi connectivity index (χ3v) is 5.26. The van der Waals surface area contributed by atoms with E-state index < -0.39 is 0 Å². The van der Waals surface area contributed by atoms with Crippen molar-refractivity contribution >= 4 is 29.0 Å². The summed E-state index contributed by atoms with van der Waals surface area (Å²) in [6, 6.07) is 8.08. The maximum absolute atomic E-state index is 12.2. The van der Waals surface area contributed by atoms with Crippen molar-refractivity contribution in [1.82, 2.24) is 9.88 Å². The second-order valence-electron chi connectivity index (χ2n) is 4.97. The van der Waals surface area contributed by atoms with E-state index in [1.165, 1.54) is 4.90 Å². The number of carbonyl (C=O) groups is 1. The third-order valence-electron chi connectivity index (χ3n) is 3.44. The Morgan fingerprint density at radius 2 is 2.04 bits per heavy atom. The molecular weight excluding hydrogens is 332 g/mol. The summed E-state index contributed by atoms with van der Waals surface area (Å²) in [5, 5.41) is 2.75. The van der Waals surface area contributed by atoms with Crippen LogP contribution in [-0.2, 0) is 11.3 Å². The topological polar surface area (TPSA) is 60.3 Å². The Labute approximate surface area is 143 Å². The fourth-order valence-electron chi connectivity index (χ4n) is 2.13. The second-order valence-corrected chi connectivity index (χ2v) is 6.81. The molecule has 0 aliphatic rings. The average Bonchev–Trinajstić information content (AvgIpc) is 2.84. The highest BCUT2D eigenvalue weighted by Gasteiger charge is 2.17. The molecule has 2 rings (SSSR count). The lowest BCUT2D eigenvalue weighted by Gasteiger charge is -2.07. The number of carbonyl (C=O) groups excluding carboxylic acids is 1. The van der Waals surface area contributed by atoms with Gasteiger partial charge in [-0.1, -0.05) is 23.5 Å². The van der Waals surface area contributed by atoms with Gasteiger partial charge in [0.25, 0.3) is 5.91 Å². The molecule has 5 nitrogen and oxygen atoms in total. The SMILES string of the molecule is COCCNC(=O)c1sc(=O)n(Cc2ccc(SC)cc2)c1C. The summed E-state index contributed by atoms with van der Waals surface area (Å²) in [5.74, 6) is -0.224. The van der Waals surface area contributed by atoms with E-state index in [0.29, 0.717) is 30.3 Å². The minimum atomic E-state index is -0.224. The van der Waals surface area contributed by atoms with Gasteiger partial charge in [0.05, 0.1) is 13.2 Å². The van der Waals surface area contributed by atoms with Gasteiger partial charge < -0.3 is 10.1 Å². The van der Waals surface area contributed by atoms with Gasteiger partial charge in [0, 0.05) is 24.2 Å². The van der Waals surface area contributed by atoms with E-state index in [2.05, 4.69) is 5.32 Å². The summed E-state index contributed by atoms with van der Waals surface area (Å²) in [6.07, 6.45) is 2.02. The Morgan fingerprint density at radius 3 is 2.65 bits per heavy atom. The van der Waals surface area contributed by atoms with Crippen LogP contribution in [0, 0.1) is 6.92 Å². The number of ether oxygens (including phenoxy) is 1. The number of amides is 1. The molecule has 0 fully saturated rings. The molecule has 23 heavy (non-hydrogen) atoms. The largest absolute Gasteiger partial charge is 0.383 e. The molecule has 1 N–H and O–H groups in total. The van der Waals surface area contributed by atoms with Crippen molar-refractivity contribution in [2.45, 2.75) is 18.4 Å². The lowest BCUT2D eigenvalue weighted by Crippen LogP contribution is -2.27. The van der Waals surface area contributed by atoms with Crippen molar-refractivity contribution in [3.05, 3.63) is 50.1 Å². The van der Waals surface area contributed by atoms with E-state index in [1.54, 1.807) is 30.4 Å². The zero-order chi connectivity index (χ0) is 16.8. The van der Waals surface area contributed by atoms with Crippen LogP contribution in [0.15, 0.2) is 34.0 Å². The Kier molecular flexibility index (Phi) is 6.44. The third kappa shape index (κ3) is 4.46. The number of rotatable bonds is 7. The first-order valence-corrected chi connectivity index (χ1v) is 9.21. The van der Waals surface area contributed by atoms with Crippen LogP contribution in [-0.4, -0.2) is 37.0 Å². The summed E-state index contributed by atoms with van der Waals surface area (Å²) < 4.78 is 6.55. The van der Waals surface area contributed by atoms with Crippen LogP contribution in [0.25, 0.3) is 0 Å². The van der Waals surface area contributed by atoms with Crippen LogP contribution in [0.2, 0.25) is 0 Å². The Bertz CT molecular complexity index is 720. The number of hydrogen-bond donors (Lipinski definition) is 1. The molecule has 0 atom stereocenters. The summed E-state index contributed by atoms with van der Waals surface area (Å²) in [4.78, 5) is 25.9. The van der Waals surface area contributed by atoms with Gasteiger partial charge in [-0.25, -0.2) is 0 Å². The first-order valence-electron chi connectivity index (χ1n) is 7.17. The van der Waals surface area contributed by atoms with Crippen molar-refractivity contribution in [2.75, 3.05) is 26.5 Å².